The molecular formula is C40H46Cl2F4N6O4. The van der Waals surface area contributed by atoms with Gasteiger partial charge in [0.1, 0.15) is 11.9 Å². The summed E-state index contributed by atoms with van der Waals surface area (Å²) < 4.78 is 56.4. The van der Waals surface area contributed by atoms with Crippen LogP contribution < -0.4 is 25.2 Å². The lowest BCUT2D eigenvalue weighted by atomic mass is 9.83. The van der Waals surface area contributed by atoms with Crippen molar-refractivity contribution < 1.29 is 36.7 Å². The van der Waals surface area contributed by atoms with Crippen molar-refractivity contribution in [1.29, 1.82) is 0 Å². The van der Waals surface area contributed by atoms with E-state index in [1.807, 2.05) is 0 Å². The van der Waals surface area contributed by atoms with E-state index in [1.165, 1.54) is 36.1 Å². The number of hydrogen-bond acceptors (Lipinski definition) is 6. The minimum absolute atomic E-state index is 0.00278. The highest BCUT2D eigenvalue weighted by molar-refractivity contribution is 6.15. The molecule has 3 atom stereocenters. The summed E-state index contributed by atoms with van der Waals surface area (Å²) in [4.78, 5) is 62.9. The molecule has 10 nitrogen and oxygen atoms in total. The Hall–Kier alpha value is -4.24. The van der Waals surface area contributed by atoms with E-state index in [-0.39, 0.29) is 41.9 Å². The first kappa shape index (κ1) is 42.9. The molecule has 3 aromatic carbocycles. The number of likely N-dealkylation sites (tertiary alicyclic amines) is 1. The largest absolute Gasteiger partial charge is 0.416 e. The van der Waals surface area contributed by atoms with Crippen LogP contribution in [0.1, 0.15) is 90.0 Å². The van der Waals surface area contributed by atoms with Crippen molar-refractivity contribution in [3.8, 4) is 0 Å². The topological polar surface area (TPSA) is 123 Å². The lowest BCUT2D eigenvalue weighted by Crippen LogP contribution is -2.48. The van der Waals surface area contributed by atoms with Gasteiger partial charge in [0.25, 0.3) is 5.91 Å². The maximum absolute atomic E-state index is 15.2. The Morgan fingerprint density at radius 1 is 0.929 bits per heavy atom. The molecule has 1 saturated carbocycles. The minimum atomic E-state index is -4.63. The van der Waals surface area contributed by atoms with Gasteiger partial charge >= 0.3 is 6.18 Å². The molecule has 1 heterocycles. The quantitative estimate of drug-likeness (QED) is 0.0751. The Balaban J connectivity index is 1.46. The van der Waals surface area contributed by atoms with Gasteiger partial charge in [-0.05, 0) is 123 Å². The Morgan fingerprint density at radius 2 is 1.64 bits per heavy atom. The molecule has 4 N–H and O–H groups in total. The predicted molar refractivity (Wildman–Crippen MR) is 208 cm³/mol. The fourth-order valence-corrected chi connectivity index (χ4v) is 8.07. The molecule has 1 aliphatic heterocycles. The minimum Gasteiger partial charge on any atom is -0.346 e. The zero-order chi connectivity index (χ0) is 40.6. The molecule has 2 aliphatic rings. The van der Waals surface area contributed by atoms with E-state index in [4.69, 9.17) is 23.6 Å². The second-order valence-corrected chi connectivity index (χ2v) is 14.8. The number of benzene rings is 3. The molecule has 56 heavy (non-hydrogen) atoms. The lowest BCUT2D eigenvalue weighted by molar-refractivity contribution is -0.138. The summed E-state index contributed by atoms with van der Waals surface area (Å²) in [5.41, 5.74) is 0.412. The fraction of sp³-hybridized carbons (Fsp3) is 0.450. The molecule has 0 unspecified atom stereocenters. The van der Waals surface area contributed by atoms with Crippen LogP contribution in [0.25, 0.3) is 0 Å². The van der Waals surface area contributed by atoms with Gasteiger partial charge in [0.15, 0.2) is 0 Å². The first-order chi connectivity index (χ1) is 26.7. The summed E-state index contributed by atoms with van der Waals surface area (Å²) >= 11 is 11.3. The standard InChI is InChI=1S/C40H46Cl2F4N6O4/c1-24-14-17-27(22-31(24)40(44,45)46)49-37(54)30-11-7-21-51(39(56)35-25(2)8-5-12-32(35)43)36(30)26-15-18-29(19-16-26)52(28-9-3-4-10-28)34(53)23-47-38(55)33(50-42)13-6-20-48-41/h5,8,12,14-19,22,28,30,33,36,48,50H,3-4,6-7,9-11,13,20-21,23H2,1-2H3,(H,47,55)(H,49,54)/t30-,33-,36-/m0/s1. The van der Waals surface area contributed by atoms with E-state index in [1.54, 1.807) is 42.2 Å². The molecule has 4 amide bonds. The maximum atomic E-state index is 15.2. The molecule has 0 radical (unpaired) electrons. The number of nitrogens with zero attached hydrogens (tertiary/aromatic N) is 2. The lowest BCUT2D eigenvalue weighted by Gasteiger charge is -2.41. The van der Waals surface area contributed by atoms with E-state index in [0.29, 0.717) is 49.0 Å². The van der Waals surface area contributed by atoms with Crippen LogP contribution >= 0.6 is 23.6 Å². The maximum Gasteiger partial charge on any atom is 0.416 e. The van der Waals surface area contributed by atoms with Crippen LogP contribution in [-0.4, -0.2) is 60.2 Å². The third-order valence-electron chi connectivity index (χ3n) is 10.6. The van der Waals surface area contributed by atoms with Crippen molar-refractivity contribution >= 4 is 58.6 Å². The van der Waals surface area contributed by atoms with E-state index in [2.05, 4.69) is 20.3 Å². The highest BCUT2D eigenvalue weighted by Crippen LogP contribution is 2.40. The third-order valence-corrected chi connectivity index (χ3v) is 11.0. The van der Waals surface area contributed by atoms with Gasteiger partial charge < -0.3 is 20.4 Å². The average molecular weight is 822 g/mol. The predicted octanol–water partition coefficient (Wildman–Crippen LogP) is 7.72. The summed E-state index contributed by atoms with van der Waals surface area (Å²) in [6, 6.07) is 12.9. The molecule has 3 aromatic rings. The number of nitrogens with one attached hydrogen (secondary N) is 4. The number of carbonyl (C=O) groups is 4. The van der Waals surface area contributed by atoms with E-state index < -0.39 is 53.3 Å². The van der Waals surface area contributed by atoms with Crippen LogP contribution in [0, 0.1) is 25.6 Å². The zero-order valence-corrected chi connectivity index (χ0v) is 32.7. The summed E-state index contributed by atoms with van der Waals surface area (Å²) in [5.74, 6) is -3.64. The summed E-state index contributed by atoms with van der Waals surface area (Å²) in [7, 11) is 0. The molecule has 0 bridgehead atoms. The van der Waals surface area contributed by atoms with Gasteiger partial charge in [0.05, 0.1) is 29.6 Å². The SMILES string of the molecule is Cc1ccc(NC(=O)[C@H]2CCCN(C(=O)c3c(C)cccc3F)[C@H]2c2ccc(N(C(=O)CNC(=O)[C@H](CCCNCl)NCl)C3CCCC3)cc2)cc1C(F)(F)F. The van der Waals surface area contributed by atoms with Crippen molar-refractivity contribution in [2.75, 3.05) is 29.9 Å². The number of anilines is 2. The fourth-order valence-electron chi connectivity index (χ4n) is 7.73. The monoisotopic (exact) mass is 820 g/mol. The molecule has 0 aromatic heterocycles. The molecule has 2 fully saturated rings. The number of halogens is 6. The first-order valence-corrected chi connectivity index (χ1v) is 19.4. The second-order valence-electron chi connectivity index (χ2n) is 14.3. The molecule has 5 rings (SSSR count). The van der Waals surface area contributed by atoms with Gasteiger partial charge in [-0.3, -0.25) is 19.2 Å². The number of alkyl halides is 3. The third kappa shape index (κ3) is 10.2. The van der Waals surface area contributed by atoms with Crippen molar-refractivity contribution in [2.45, 2.75) is 89.5 Å². The Morgan fingerprint density at radius 3 is 2.29 bits per heavy atom. The number of amides is 4. The molecule has 302 valence electrons. The van der Waals surface area contributed by atoms with Crippen LogP contribution in [0.3, 0.4) is 0 Å². The Bertz CT molecular complexity index is 1860. The van der Waals surface area contributed by atoms with Gasteiger partial charge in [-0.1, -0.05) is 43.2 Å². The van der Waals surface area contributed by atoms with E-state index in [0.717, 1.165) is 31.7 Å². The molecular weight excluding hydrogens is 775 g/mol. The summed E-state index contributed by atoms with van der Waals surface area (Å²) in [6.45, 7) is 3.32. The highest BCUT2D eigenvalue weighted by Gasteiger charge is 2.41. The summed E-state index contributed by atoms with van der Waals surface area (Å²) in [6.07, 6.45) is 0.333. The molecule has 16 heteroatoms. The number of carbonyl (C=O) groups excluding carboxylic acids is 4. The van der Waals surface area contributed by atoms with Gasteiger partial charge in [-0.25, -0.2) is 14.1 Å². The van der Waals surface area contributed by atoms with Crippen molar-refractivity contribution in [1.82, 2.24) is 19.9 Å². The second kappa shape index (κ2) is 19.3. The van der Waals surface area contributed by atoms with Gasteiger partial charge in [-0.2, -0.15) is 13.2 Å². The van der Waals surface area contributed by atoms with Crippen LogP contribution in [0.4, 0.5) is 28.9 Å². The van der Waals surface area contributed by atoms with Crippen molar-refractivity contribution in [3.63, 3.8) is 0 Å². The van der Waals surface area contributed by atoms with Crippen LogP contribution in [0.15, 0.2) is 60.7 Å². The molecule has 0 spiro atoms. The van der Waals surface area contributed by atoms with Crippen LogP contribution in [0.5, 0.6) is 0 Å². The first-order valence-electron chi connectivity index (χ1n) is 18.7. The number of aryl methyl sites for hydroxylation is 2. The van der Waals surface area contributed by atoms with Crippen molar-refractivity contribution in [2.24, 2.45) is 5.92 Å². The Labute approximate surface area is 333 Å². The van der Waals surface area contributed by atoms with Gasteiger partial charge in [0.2, 0.25) is 17.7 Å². The normalized spacial score (nSPS) is 18.0. The molecule has 1 aliphatic carbocycles. The average Bonchev–Trinajstić information content (AvgIpc) is 3.70. The summed E-state index contributed by atoms with van der Waals surface area (Å²) in [5, 5.41) is 5.32. The van der Waals surface area contributed by atoms with Gasteiger partial charge in [0, 0.05) is 30.5 Å². The zero-order valence-electron chi connectivity index (χ0n) is 31.2. The Kier molecular flexibility index (Phi) is 14.8. The van der Waals surface area contributed by atoms with Crippen LogP contribution in [-0.2, 0) is 20.6 Å². The number of piperidine rings is 1. The number of hydrogen-bond donors (Lipinski definition) is 4. The number of rotatable bonds is 14. The van der Waals surface area contributed by atoms with Crippen LogP contribution in [0.2, 0.25) is 0 Å². The van der Waals surface area contributed by atoms with Gasteiger partial charge in [-0.15, -0.1) is 0 Å². The van der Waals surface area contributed by atoms with E-state index in [9.17, 15) is 32.3 Å². The molecule has 1 saturated heterocycles. The smallest absolute Gasteiger partial charge is 0.346 e. The van der Waals surface area contributed by atoms with E-state index >= 15 is 4.39 Å². The highest BCUT2D eigenvalue weighted by atomic mass is 35.5. The van der Waals surface area contributed by atoms with Crippen molar-refractivity contribution in [3.05, 3.63) is 94.3 Å².